The highest BCUT2D eigenvalue weighted by atomic mass is 32.2. The van der Waals surface area contributed by atoms with Crippen molar-refractivity contribution in [3.8, 4) is 18.1 Å². The lowest BCUT2D eigenvalue weighted by molar-refractivity contribution is -0.137. The quantitative estimate of drug-likeness (QED) is 0.624. The van der Waals surface area contributed by atoms with Gasteiger partial charge in [0.15, 0.2) is 0 Å². The fourth-order valence-electron chi connectivity index (χ4n) is 0.955. The molecular weight excluding hydrogens is 225 g/mol. The van der Waals surface area contributed by atoms with Crippen LogP contribution in [-0.2, 0) is 6.18 Å². The number of aromatic hydroxyl groups is 1. The summed E-state index contributed by atoms with van der Waals surface area (Å²) in [7, 11) is 0. The van der Waals surface area contributed by atoms with Gasteiger partial charge in [0.2, 0.25) is 0 Å². The van der Waals surface area contributed by atoms with E-state index in [4.69, 9.17) is 11.5 Å². The maximum absolute atomic E-state index is 12.3. The minimum absolute atomic E-state index is 0.265. The Hall–Kier alpha value is -1.28. The molecule has 0 aliphatic heterocycles. The lowest BCUT2D eigenvalue weighted by atomic mass is 10.2. The maximum atomic E-state index is 12.3. The molecule has 0 saturated heterocycles. The Kier molecular flexibility index (Phi) is 3.53. The molecule has 0 radical (unpaired) electrons. The summed E-state index contributed by atoms with van der Waals surface area (Å²) in [5.74, 6) is 2.15. The summed E-state index contributed by atoms with van der Waals surface area (Å²) >= 11 is 1.07. The summed E-state index contributed by atoms with van der Waals surface area (Å²) in [6.07, 6.45) is 0.529. The number of benzene rings is 1. The zero-order valence-corrected chi connectivity index (χ0v) is 8.32. The van der Waals surface area contributed by atoms with Crippen LogP contribution in [0.2, 0.25) is 0 Å². The second-order valence-corrected chi connectivity index (χ2v) is 3.75. The number of phenolic OH excluding ortho intramolecular Hbond substituents is 1. The van der Waals surface area contributed by atoms with Crippen molar-refractivity contribution in [3.63, 3.8) is 0 Å². The first-order valence-corrected chi connectivity index (χ1v) is 4.89. The number of phenols is 1. The first-order chi connectivity index (χ1) is 6.93. The molecule has 0 fully saturated rings. The summed E-state index contributed by atoms with van der Waals surface area (Å²) in [6, 6.07) is 2.89. The first kappa shape index (κ1) is 11.8. The number of alkyl halides is 3. The van der Waals surface area contributed by atoms with Crippen LogP contribution in [0.15, 0.2) is 23.1 Å². The molecule has 1 aromatic rings. The van der Waals surface area contributed by atoms with Gasteiger partial charge in [0.25, 0.3) is 0 Å². The molecule has 15 heavy (non-hydrogen) atoms. The largest absolute Gasteiger partial charge is 0.508 e. The van der Waals surface area contributed by atoms with Crippen molar-refractivity contribution in [2.45, 2.75) is 11.1 Å². The van der Waals surface area contributed by atoms with Crippen LogP contribution in [0.5, 0.6) is 5.75 Å². The molecule has 0 aliphatic rings. The van der Waals surface area contributed by atoms with Crippen LogP contribution in [0.25, 0.3) is 0 Å². The lowest BCUT2D eigenvalue weighted by Crippen LogP contribution is -2.04. The van der Waals surface area contributed by atoms with Gasteiger partial charge in [0, 0.05) is 4.90 Å². The van der Waals surface area contributed by atoms with Crippen LogP contribution >= 0.6 is 11.8 Å². The summed E-state index contributed by atoms with van der Waals surface area (Å²) < 4.78 is 36.9. The standard InChI is InChI=1S/C10H7F3OS/c1-2-3-15-9-5-7(10(11,12)13)4-8(14)6-9/h1,4-6,14H,3H2. The number of rotatable bonds is 2. The third-order valence-electron chi connectivity index (χ3n) is 1.54. The van der Waals surface area contributed by atoms with Crippen LogP contribution in [0.1, 0.15) is 5.56 Å². The second kappa shape index (κ2) is 4.49. The van der Waals surface area contributed by atoms with E-state index in [1.165, 1.54) is 6.07 Å². The van der Waals surface area contributed by atoms with Crippen LogP contribution in [0.3, 0.4) is 0 Å². The van der Waals surface area contributed by atoms with Crippen LogP contribution in [0, 0.1) is 12.3 Å². The highest BCUT2D eigenvalue weighted by Crippen LogP contribution is 2.34. The van der Waals surface area contributed by atoms with E-state index in [1.54, 1.807) is 0 Å². The van der Waals surface area contributed by atoms with Gasteiger partial charge in [0.1, 0.15) is 5.75 Å². The predicted octanol–water partition coefficient (Wildman–Crippen LogP) is 3.14. The normalized spacial score (nSPS) is 11.1. The summed E-state index contributed by atoms with van der Waals surface area (Å²) in [5, 5.41) is 9.09. The number of hydrogen-bond acceptors (Lipinski definition) is 2. The molecule has 0 aliphatic carbocycles. The van der Waals surface area contributed by atoms with Gasteiger partial charge in [-0.15, -0.1) is 18.2 Å². The fraction of sp³-hybridized carbons (Fsp3) is 0.200. The third-order valence-corrected chi connectivity index (χ3v) is 2.42. The van der Waals surface area contributed by atoms with Gasteiger partial charge in [-0.2, -0.15) is 13.2 Å². The van der Waals surface area contributed by atoms with Crippen molar-refractivity contribution in [2.24, 2.45) is 0 Å². The molecule has 0 unspecified atom stereocenters. The van der Waals surface area contributed by atoms with Crippen molar-refractivity contribution in [1.82, 2.24) is 0 Å². The van der Waals surface area contributed by atoms with Gasteiger partial charge in [-0.25, -0.2) is 0 Å². The van der Waals surface area contributed by atoms with E-state index in [0.29, 0.717) is 11.0 Å². The lowest BCUT2D eigenvalue weighted by Gasteiger charge is -2.08. The Morgan fingerprint density at radius 2 is 2.00 bits per heavy atom. The Morgan fingerprint density at radius 1 is 1.33 bits per heavy atom. The van der Waals surface area contributed by atoms with E-state index >= 15 is 0 Å². The molecular formula is C10H7F3OS. The summed E-state index contributed by atoms with van der Waals surface area (Å²) in [6.45, 7) is 0. The van der Waals surface area contributed by atoms with Gasteiger partial charge < -0.3 is 5.11 Å². The van der Waals surface area contributed by atoms with E-state index in [2.05, 4.69) is 5.92 Å². The Bertz CT molecular complexity index is 393. The first-order valence-electron chi connectivity index (χ1n) is 3.91. The Labute approximate surface area is 89.3 Å². The molecule has 5 heteroatoms. The minimum atomic E-state index is -4.45. The fourth-order valence-corrected chi connectivity index (χ4v) is 1.62. The average Bonchev–Trinajstić information content (AvgIpc) is 2.12. The van der Waals surface area contributed by atoms with E-state index in [9.17, 15) is 13.2 Å². The Balaban J connectivity index is 3.01. The molecule has 0 amide bonds. The highest BCUT2D eigenvalue weighted by molar-refractivity contribution is 7.99. The molecule has 1 rings (SSSR count). The van der Waals surface area contributed by atoms with Crippen LogP contribution in [0.4, 0.5) is 13.2 Å². The smallest absolute Gasteiger partial charge is 0.416 e. The highest BCUT2D eigenvalue weighted by Gasteiger charge is 2.31. The van der Waals surface area contributed by atoms with Crippen molar-refractivity contribution in [2.75, 3.05) is 5.75 Å². The average molecular weight is 232 g/mol. The van der Waals surface area contributed by atoms with Crippen LogP contribution < -0.4 is 0 Å². The van der Waals surface area contributed by atoms with E-state index in [0.717, 1.165) is 17.8 Å². The molecule has 0 aromatic heterocycles. The van der Waals surface area contributed by atoms with E-state index in [1.807, 2.05) is 0 Å². The molecule has 1 N–H and O–H groups in total. The van der Waals surface area contributed by atoms with E-state index in [-0.39, 0.29) is 5.75 Å². The summed E-state index contributed by atoms with van der Waals surface area (Å²) in [4.78, 5) is 0.306. The van der Waals surface area contributed by atoms with Crippen molar-refractivity contribution in [3.05, 3.63) is 23.8 Å². The van der Waals surface area contributed by atoms with Gasteiger partial charge in [0.05, 0.1) is 11.3 Å². The maximum Gasteiger partial charge on any atom is 0.416 e. The third kappa shape index (κ3) is 3.40. The second-order valence-electron chi connectivity index (χ2n) is 2.71. The van der Waals surface area contributed by atoms with Crippen LogP contribution in [-0.4, -0.2) is 10.9 Å². The molecule has 80 valence electrons. The van der Waals surface area contributed by atoms with Gasteiger partial charge >= 0.3 is 6.18 Å². The number of halogens is 3. The molecule has 0 saturated carbocycles. The zero-order valence-electron chi connectivity index (χ0n) is 7.51. The number of thioether (sulfide) groups is 1. The zero-order chi connectivity index (χ0) is 11.5. The molecule has 0 atom stereocenters. The molecule has 0 spiro atoms. The van der Waals surface area contributed by atoms with Gasteiger partial charge in [-0.05, 0) is 18.2 Å². The molecule has 0 heterocycles. The van der Waals surface area contributed by atoms with Crippen molar-refractivity contribution in [1.29, 1.82) is 0 Å². The number of hydrogen-bond donors (Lipinski definition) is 1. The monoisotopic (exact) mass is 232 g/mol. The van der Waals surface area contributed by atoms with Gasteiger partial charge in [-0.1, -0.05) is 5.92 Å². The van der Waals surface area contributed by atoms with Crippen molar-refractivity contribution < 1.29 is 18.3 Å². The minimum Gasteiger partial charge on any atom is -0.508 e. The topological polar surface area (TPSA) is 20.2 Å². The number of terminal acetylenes is 1. The van der Waals surface area contributed by atoms with Crippen molar-refractivity contribution >= 4 is 11.8 Å². The SMILES string of the molecule is C#CCSc1cc(O)cc(C(F)(F)F)c1. The van der Waals surface area contributed by atoms with E-state index < -0.39 is 17.5 Å². The molecule has 0 bridgehead atoms. The van der Waals surface area contributed by atoms with Gasteiger partial charge in [-0.3, -0.25) is 0 Å². The predicted molar refractivity (Wildman–Crippen MR) is 52.7 cm³/mol. The molecule has 1 nitrogen and oxygen atoms in total. The Morgan fingerprint density at radius 3 is 2.53 bits per heavy atom. The summed E-state index contributed by atoms with van der Waals surface area (Å²) in [5.41, 5.74) is -0.873. The molecule has 1 aromatic carbocycles.